The zero-order valence-electron chi connectivity index (χ0n) is 11.9. The number of carbonyl (C=O) groups is 1. The average molecular weight is 283 g/mol. The van der Waals surface area contributed by atoms with Crippen LogP contribution in [0.25, 0.3) is 0 Å². The van der Waals surface area contributed by atoms with Crippen LogP contribution in [0.1, 0.15) is 30.2 Å². The first-order valence-electron chi connectivity index (χ1n) is 7.07. The molecule has 0 bridgehead atoms. The molecular weight excluding hydrogens is 266 g/mol. The van der Waals surface area contributed by atoms with Crippen molar-refractivity contribution in [3.8, 4) is 0 Å². The molecule has 2 aromatic rings. The number of nitrogens with zero attached hydrogens (tertiary/aromatic N) is 2. The molecule has 0 fully saturated rings. The number of anilines is 1. The van der Waals surface area contributed by atoms with Gasteiger partial charge < -0.3 is 5.32 Å². The van der Waals surface area contributed by atoms with Gasteiger partial charge in [-0.3, -0.25) is 14.2 Å². The highest BCUT2D eigenvalue weighted by Gasteiger charge is 2.17. The molecule has 1 aromatic carbocycles. The van der Waals surface area contributed by atoms with Crippen LogP contribution in [0.5, 0.6) is 0 Å². The molecule has 1 amide bonds. The van der Waals surface area contributed by atoms with Gasteiger partial charge in [0.1, 0.15) is 0 Å². The van der Waals surface area contributed by atoms with Gasteiger partial charge in [-0.25, -0.2) is 4.98 Å². The molecule has 21 heavy (non-hydrogen) atoms. The molecule has 3 rings (SSSR count). The lowest BCUT2D eigenvalue weighted by molar-refractivity contribution is -0.114. The minimum absolute atomic E-state index is 0.0578. The summed E-state index contributed by atoms with van der Waals surface area (Å²) in [6, 6.07) is 7.51. The average Bonchev–Trinajstić information content (AvgIpc) is 2.91. The van der Waals surface area contributed by atoms with Crippen LogP contribution in [0, 0.1) is 0 Å². The predicted molar refractivity (Wildman–Crippen MR) is 80.4 cm³/mol. The summed E-state index contributed by atoms with van der Waals surface area (Å²) >= 11 is 0. The highest BCUT2D eigenvalue weighted by atomic mass is 16.1. The molecule has 0 atom stereocenters. The van der Waals surface area contributed by atoms with E-state index >= 15 is 0 Å². The van der Waals surface area contributed by atoms with Crippen molar-refractivity contribution in [3.63, 3.8) is 0 Å². The van der Waals surface area contributed by atoms with Gasteiger partial charge in [-0.05, 0) is 37.0 Å². The Morgan fingerprint density at radius 1 is 1.38 bits per heavy atom. The van der Waals surface area contributed by atoms with Crippen molar-refractivity contribution in [2.75, 3.05) is 5.32 Å². The lowest BCUT2D eigenvalue weighted by Crippen LogP contribution is -2.24. The van der Waals surface area contributed by atoms with E-state index in [1.807, 2.05) is 24.3 Å². The van der Waals surface area contributed by atoms with Crippen molar-refractivity contribution < 1.29 is 4.79 Å². The Labute approximate surface area is 122 Å². The molecule has 5 heteroatoms. The maximum atomic E-state index is 12.4. The third-order valence-corrected chi connectivity index (χ3v) is 3.66. The van der Waals surface area contributed by atoms with Crippen molar-refractivity contribution >= 4 is 11.6 Å². The third kappa shape index (κ3) is 2.86. The monoisotopic (exact) mass is 283 g/mol. The van der Waals surface area contributed by atoms with Crippen LogP contribution in [0.15, 0.2) is 35.4 Å². The van der Waals surface area contributed by atoms with Crippen molar-refractivity contribution in [1.29, 1.82) is 0 Å². The van der Waals surface area contributed by atoms with Gasteiger partial charge in [0.15, 0.2) is 0 Å². The molecule has 1 aliphatic carbocycles. The van der Waals surface area contributed by atoms with Gasteiger partial charge >= 0.3 is 0 Å². The summed E-state index contributed by atoms with van der Waals surface area (Å²) in [7, 11) is 0. The summed E-state index contributed by atoms with van der Waals surface area (Å²) in [5.74, 6) is -0.108. The molecule has 0 radical (unpaired) electrons. The number of carbonyl (C=O) groups excluding carboxylic acids is 1. The highest BCUT2D eigenvalue weighted by molar-refractivity contribution is 5.88. The standard InChI is InChI=1S/C16H17N3O2/c1-11(20)18-13-5-2-4-12(8-13)9-19-10-17-15-7-3-6-14(15)16(19)21/h2,4-5,8,10H,3,6-7,9H2,1H3,(H,18,20). The SMILES string of the molecule is CC(=O)Nc1cccc(Cn2cnc3c(c2=O)CCC3)c1. The summed E-state index contributed by atoms with van der Waals surface area (Å²) in [5, 5.41) is 2.75. The summed E-state index contributed by atoms with van der Waals surface area (Å²) in [5.41, 5.74) is 3.56. The number of rotatable bonds is 3. The first kappa shape index (κ1) is 13.5. The molecule has 1 heterocycles. The zero-order valence-corrected chi connectivity index (χ0v) is 11.9. The minimum atomic E-state index is -0.108. The Balaban J connectivity index is 1.87. The lowest BCUT2D eigenvalue weighted by Gasteiger charge is -2.09. The summed E-state index contributed by atoms with van der Waals surface area (Å²) in [6.45, 7) is 1.94. The Kier molecular flexibility index (Phi) is 3.56. The van der Waals surface area contributed by atoms with Crippen molar-refractivity contribution in [3.05, 3.63) is 57.8 Å². The quantitative estimate of drug-likeness (QED) is 0.933. The number of aryl methyl sites for hydroxylation is 1. The minimum Gasteiger partial charge on any atom is -0.326 e. The number of nitrogens with one attached hydrogen (secondary N) is 1. The molecule has 1 N–H and O–H groups in total. The topological polar surface area (TPSA) is 64.0 Å². The van der Waals surface area contributed by atoms with Gasteiger partial charge in [0.2, 0.25) is 5.91 Å². The fourth-order valence-corrected chi connectivity index (χ4v) is 2.73. The van der Waals surface area contributed by atoms with Gasteiger partial charge in [-0.2, -0.15) is 0 Å². The van der Waals surface area contributed by atoms with Crippen LogP contribution in [0.4, 0.5) is 5.69 Å². The highest BCUT2D eigenvalue weighted by Crippen LogP contribution is 2.16. The summed E-state index contributed by atoms with van der Waals surface area (Å²) in [6.07, 6.45) is 4.37. The Morgan fingerprint density at radius 3 is 3.05 bits per heavy atom. The second-order valence-electron chi connectivity index (χ2n) is 5.34. The number of amides is 1. The molecule has 0 unspecified atom stereocenters. The maximum Gasteiger partial charge on any atom is 0.257 e. The Bertz CT molecular complexity index is 749. The summed E-state index contributed by atoms with van der Waals surface area (Å²) < 4.78 is 1.64. The fourth-order valence-electron chi connectivity index (χ4n) is 2.73. The molecule has 0 spiro atoms. The molecule has 108 valence electrons. The molecule has 1 aliphatic rings. The number of aromatic nitrogens is 2. The zero-order chi connectivity index (χ0) is 14.8. The second kappa shape index (κ2) is 5.52. The fraction of sp³-hybridized carbons (Fsp3) is 0.312. The largest absolute Gasteiger partial charge is 0.326 e. The van der Waals surface area contributed by atoms with E-state index in [0.29, 0.717) is 6.54 Å². The molecule has 5 nitrogen and oxygen atoms in total. The first-order valence-corrected chi connectivity index (χ1v) is 7.07. The van der Waals surface area contributed by atoms with E-state index in [1.165, 1.54) is 6.92 Å². The number of hydrogen-bond donors (Lipinski definition) is 1. The van der Waals surface area contributed by atoms with E-state index in [-0.39, 0.29) is 11.5 Å². The molecule has 1 aromatic heterocycles. The van der Waals surface area contributed by atoms with E-state index in [9.17, 15) is 9.59 Å². The molecule has 0 saturated carbocycles. The maximum absolute atomic E-state index is 12.4. The molecular formula is C16H17N3O2. The Morgan fingerprint density at radius 2 is 2.24 bits per heavy atom. The lowest BCUT2D eigenvalue weighted by atomic mass is 10.2. The van der Waals surface area contributed by atoms with Crippen molar-refractivity contribution in [2.24, 2.45) is 0 Å². The van der Waals surface area contributed by atoms with E-state index in [2.05, 4.69) is 10.3 Å². The molecule has 0 saturated heterocycles. The van der Waals surface area contributed by atoms with Gasteiger partial charge in [0.05, 0.1) is 18.6 Å². The third-order valence-electron chi connectivity index (χ3n) is 3.66. The van der Waals surface area contributed by atoms with Crippen LogP contribution in [-0.2, 0) is 24.2 Å². The van der Waals surface area contributed by atoms with Gasteiger partial charge in [0.25, 0.3) is 5.56 Å². The summed E-state index contributed by atoms with van der Waals surface area (Å²) in [4.78, 5) is 27.8. The van der Waals surface area contributed by atoms with Crippen LogP contribution in [0.3, 0.4) is 0 Å². The molecule has 0 aliphatic heterocycles. The first-order chi connectivity index (χ1) is 10.1. The van der Waals surface area contributed by atoms with Crippen molar-refractivity contribution in [2.45, 2.75) is 32.7 Å². The number of fused-ring (bicyclic) bond motifs is 1. The second-order valence-corrected chi connectivity index (χ2v) is 5.34. The van der Waals surface area contributed by atoms with E-state index < -0.39 is 0 Å². The van der Waals surface area contributed by atoms with Crippen LogP contribution in [0.2, 0.25) is 0 Å². The van der Waals surface area contributed by atoms with Gasteiger partial charge in [0, 0.05) is 18.2 Å². The van der Waals surface area contributed by atoms with Crippen molar-refractivity contribution in [1.82, 2.24) is 9.55 Å². The van der Waals surface area contributed by atoms with Gasteiger partial charge in [-0.15, -0.1) is 0 Å². The van der Waals surface area contributed by atoms with Crippen LogP contribution in [-0.4, -0.2) is 15.5 Å². The number of hydrogen-bond acceptors (Lipinski definition) is 3. The van der Waals surface area contributed by atoms with E-state index in [0.717, 1.165) is 41.8 Å². The normalized spacial score (nSPS) is 13.0. The van der Waals surface area contributed by atoms with E-state index in [1.54, 1.807) is 10.9 Å². The van der Waals surface area contributed by atoms with E-state index in [4.69, 9.17) is 0 Å². The van der Waals surface area contributed by atoms with Crippen LogP contribution < -0.4 is 10.9 Å². The van der Waals surface area contributed by atoms with Gasteiger partial charge in [-0.1, -0.05) is 12.1 Å². The predicted octanol–water partition coefficient (Wildman–Crippen LogP) is 1.74. The Hall–Kier alpha value is -2.43. The van der Waals surface area contributed by atoms with Crippen LogP contribution >= 0.6 is 0 Å². The number of benzene rings is 1. The smallest absolute Gasteiger partial charge is 0.257 e.